The first-order chi connectivity index (χ1) is 12.8. The molecule has 2 unspecified atom stereocenters. The van der Waals surface area contributed by atoms with E-state index < -0.39 is 6.10 Å². The molecule has 0 fully saturated rings. The Bertz CT molecular complexity index is 1020. The Morgan fingerprint density at radius 1 is 1.15 bits per heavy atom. The van der Waals surface area contributed by atoms with Crippen LogP contribution in [-0.2, 0) is 9.53 Å². The molecule has 27 heavy (non-hydrogen) atoms. The van der Waals surface area contributed by atoms with Crippen LogP contribution in [0.2, 0.25) is 0 Å². The van der Waals surface area contributed by atoms with Crippen LogP contribution in [0.1, 0.15) is 25.0 Å². The van der Waals surface area contributed by atoms with Crippen LogP contribution in [0.15, 0.2) is 58.0 Å². The summed E-state index contributed by atoms with van der Waals surface area (Å²) in [5.74, 6) is 0.295. The van der Waals surface area contributed by atoms with Crippen LogP contribution in [0.4, 0.5) is 0 Å². The highest BCUT2D eigenvalue weighted by molar-refractivity contribution is 6.21. The van der Waals surface area contributed by atoms with Crippen molar-refractivity contribution < 1.29 is 19.7 Å². The Morgan fingerprint density at radius 2 is 1.89 bits per heavy atom. The number of ketones is 1. The highest BCUT2D eigenvalue weighted by atomic mass is 16.5. The fourth-order valence-corrected chi connectivity index (χ4v) is 3.92. The molecule has 4 N–H and O–H groups in total. The molecule has 4 rings (SSSR count). The first kappa shape index (κ1) is 17.1. The normalized spacial score (nSPS) is 24.2. The summed E-state index contributed by atoms with van der Waals surface area (Å²) in [4.78, 5) is 16.6. The molecule has 138 valence electrons. The molecule has 2 atom stereocenters. The van der Waals surface area contributed by atoms with Crippen molar-refractivity contribution in [2.75, 3.05) is 0 Å². The maximum Gasteiger partial charge on any atom is 0.182 e. The second-order valence-corrected chi connectivity index (χ2v) is 7.08. The Labute approximate surface area is 156 Å². The molecule has 1 heterocycles. The average molecular weight is 364 g/mol. The number of fused-ring (bicyclic) bond motifs is 2. The number of phenolic OH excluding ortho intramolecular Hbond substituents is 2. The minimum Gasteiger partial charge on any atom is -0.508 e. The number of aliphatic imine (C=N–C) groups is 1. The molecule has 1 aliphatic heterocycles. The third kappa shape index (κ3) is 2.65. The van der Waals surface area contributed by atoms with E-state index in [1.165, 1.54) is 18.2 Å². The summed E-state index contributed by atoms with van der Waals surface area (Å²) in [6.07, 6.45) is 4.32. The third-order valence-electron chi connectivity index (χ3n) is 5.10. The number of ether oxygens (including phenoxy) is 1. The number of nitrogens with two attached hydrogens (primary N) is 1. The van der Waals surface area contributed by atoms with Gasteiger partial charge in [-0.05, 0) is 55.7 Å². The van der Waals surface area contributed by atoms with E-state index in [9.17, 15) is 15.0 Å². The van der Waals surface area contributed by atoms with Crippen molar-refractivity contribution in [2.45, 2.75) is 32.9 Å². The van der Waals surface area contributed by atoms with Gasteiger partial charge in [0.2, 0.25) is 0 Å². The summed E-state index contributed by atoms with van der Waals surface area (Å²) >= 11 is 0. The molecule has 1 aromatic rings. The summed E-state index contributed by atoms with van der Waals surface area (Å²) in [5, 5.41) is 20.1. The van der Waals surface area contributed by atoms with Crippen LogP contribution < -0.4 is 5.73 Å². The molecule has 1 aromatic carbocycles. The lowest BCUT2D eigenvalue weighted by Crippen LogP contribution is -2.39. The number of aryl methyl sites for hydroxylation is 1. The molecular formula is C21H20N2O4. The minimum absolute atomic E-state index is 0.00750. The number of hydrogen-bond donors (Lipinski definition) is 3. The van der Waals surface area contributed by atoms with Gasteiger partial charge in [-0.15, -0.1) is 0 Å². The number of nitrogens with zero attached hydrogens (tertiary/aromatic N) is 1. The monoisotopic (exact) mass is 364 g/mol. The number of benzene rings is 1. The van der Waals surface area contributed by atoms with Gasteiger partial charge in [0.15, 0.2) is 5.78 Å². The van der Waals surface area contributed by atoms with Gasteiger partial charge >= 0.3 is 0 Å². The van der Waals surface area contributed by atoms with Gasteiger partial charge in [-0.1, -0.05) is 0 Å². The molecule has 0 bridgehead atoms. The van der Waals surface area contributed by atoms with Crippen LogP contribution >= 0.6 is 0 Å². The van der Waals surface area contributed by atoms with E-state index in [0.717, 1.165) is 11.1 Å². The van der Waals surface area contributed by atoms with Gasteiger partial charge in [-0.3, -0.25) is 9.79 Å². The van der Waals surface area contributed by atoms with Crippen LogP contribution in [0, 0.1) is 6.92 Å². The van der Waals surface area contributed by atoms with Crippen molar-refractivity contribution in [2.24, 2.45) is 10.7 Å². The zero-order valence-electron chi connectivity index (χ0n) is 15.3. The highest BCUT2D eigenvalue weighted by Crippen LogP contribution is 2.42. The van der Waals surface area contributed by atoms with Crippen molar-refractivity contribution in [3.63, 3.8) is 0 Å². The van der Waals surface area contributed by atoms with Gasteiger partial charge in [0.25, 0.3) is 0 Å². The molecular weight excluding hydrogens is 344 g/mol. The lowest BCUT2D eigenvalue weighted by molar-refractivity contribution is -0.110. The first-order valence-corrected chi connectivity index (χ1v) is 8.67. The lowest BCUT2D eigenvalue weighted by Gasteiger charge is -2.36. The van der Waals surface area contributed by atoms with Crippen molar-refractivity contribution in [3.05, 3.63) is 64.1 Å². The van der Waals surface area contributed by atoms with Crippen LogP contribution in [0.5, 0.6) is 11.5 Å². The summed E-state index contributed by atoms with van der Waals surface area (Å²) in [6.45, 7) is 5.54. The van der Waals surface area contributed by atoms with Crippen molar-refractivity contribution in [3.8, 4) is 11.5 Å². The standard InChI is InChI=1S/C21H20N2O4/c1-9-4-12(24)6-15(26)18(9)19-11(3)21-17(8-14(19)22)27-16-7-13(25)5-10(2)20(16)23-21/h4-8,17,21,24,26H,22H2,1-3H3. The average Bonchev–Trinajstić information content (AvgIpc) is 2.55. The number of carbonyl (C=O) groups is 1. The largest absolute Gasteiger partial charge is 0.508 e. The molecule has 0 radical (unpaired) electrons. The van der Waals surface area contributed by atoms with E-state index in [0.29, 0.717) is 33.9 Å². The van der Waals surface area contributed by atoms with E-state index >= 15 is 0 Å². The van der Waals surface area contributed by atoms with Crippen molar-refractivity contribution in [1.29, 1.82) is 0 Å². The molecule has 3 aliphatic rings. The molecule has 6 nitrogen and oxygen atoms in total. The number of allylic oxidation sites excluding steroid dienone is 4. The van der Waals surface area contributed by atoms with Gasteiger partial charge in [0.1, 0.15) is 35.1 Å². The second kappa shape index (κ2) is 5.87. The van der Waals surface area contributed by atoms with Crippen LogP contribution in [0.25, 0.3) is 5.57 Å². The SMILES string of the molecule is CC1=CC(=O)C=C2OC3C=C(N)C(c4c(C)cc(O)cc4O)=C(C)C3N=C12. The summed E-state index contributed by atoms with van der Waals surface area (Å²) in [5.41, 5.74) is 11.0. The fraction of sp³-hybridized carbons (Fsp3) is 0.238. The molecule has 0 saturated heterocycles. The number of phenols is 2. The number of rotatable bonds is 1. The van der Waals surface area contributed by atoms with Crippen molar-refractivity contribution >= 4 is 17.1 Å². The third-order valence-corrected chi connectivity index (χ3v) is 5.10. The molecule has 0 aromatic heterocycles. The topological polar surface area (TPSA) is 105 Å². The van der Waals surface area contributed by atoms with Gasteiger partial charge < -0.3 is 20.7 Å². The first-order valence-electron chi connectivity index (χ1n) is 8.67. The maximum absolute atomic E-state index is 11.8. The molecule has 0 amide bonds. The zero-order valence-corrected chi connectivity index (χ0v) is 15.3. The molecule has 6 heteroatoms. The Morgan fingerprint density at radius 3 is 2.59 bits per heavy atom. The predicted molar refractivity (Wildman–Crippen MR) is 102 cm³/mol. The fourth-order valence-electron chi connectivity index (χ4n) is 3.92. The van der Waals surface area contributed by atoms with E-state index in [1.54, 1.807) is 19.1 Å². The smallest absolute Gasteiger partial charge is 0.182 e. The van der Waals surface area contributed by atoms with Gasteiger partial charge in [0.05, 0.1) is 0 Å². The van der Waals surface area contributed by atoms with E-state index in [1.807, 2.05) is 13.8 Å². The zero-order chi connectivity index (χ0) is 19.5. The Kier molecular flexibility index (Phi) is 3.73. The predicted octanol–water partition coefficient (Wildman–Crippen LogP) is 2.66. The van der Waals surface area contributed by atoms with Gasteiger partial charge in [-0.25, -0.2) is 0 Å². The molecule has 2 aliphatic carbocycles. The minimum atomic E-state index is -0.415. The Hall–Kier alpha value is -3.28. The van der Waals surface area contributed by atoms with Crippen molar-refractivity contribution in [1.82, 2.24) is 0 Å². The van der Waals surface area contributed by atoms with Crippen LogP contribution in [0.3, 0.4) is 0 Å². The van der Waals surface area contributed by atoms with Gasteiger partial charge in [-0.2, -0.15) is 0 Å². The van der Waals surface area contributed by atoms with Crippen LogP contribution in [-0.4, -0.2) is 33.9 Å². The number of hydrogen-bond acceptors (Lipinski definition) is 6. The maximum atomic E-state index is 11.8. The summed E-state index contributed by atoms with van der Waals surface area (Å²) in [6, 6.07) is 2.56. The van der Waals surface area contributed by atoms with E-state index in [2.05, 4.69) is 0 Å². The molecule has 0 spiro atoms. The van der Waals surface area contributed by atoms with E-state index in [4.69, 9.17) is 15.5 Å². The summed E-state index contributed by atoms with van der Waals surface area (Å²) < 4.78 is 6.02. The Balaban J connectivity index is 1.88. The molecule has 0 saturated carbocycles. The highest BCUT2D eigenvalue weighted by Gasteiger charge is 2.37. The van der Waals surface area contributed by atoms with E-state index in [-0.39, 0.29) is 23.3 Å². The number of carbonyl (C=O) groups excluding carboxylic acids is 1. The second-order valence-electron chi connectivity index (χ2n) is 7.08. The lowest BCUT2D eigenvalue weighted by atomic mass is 9.83. The number of aromatic hydroxyl groups is 2. The summed E-state index contributed by atoms with van der Waals surface area (Å²) in [7, 11) is 0. The van der Waals surface area contributed by atoms with Gasteiger partial charge in [0, 0.05) is 29.0 Å². The quantitative estimate of drug-likeness (QED) is 0.665.